The van der Waals surface area contributed by atoms with Crippen molar-refractivity contribution in [3.63, 3.8) is 0 Å². The molecule has 2 aromatic rings. The summed E-state index contributed by atoms with van der Waals surface area (Å²) in [6.45, 7) is 3.97. The van der Waals surface area contributed by atoms with E-state index < -0.39 is 0 Å². The summed E-state index contributed by atoms with van der Waals surface area (Å²) < 4.78 is 0. The Balaban J connectivity index is 2.06. The first kappa shape index (κ1) is 13.0. The van der Waals surface area contributed by atoms with Crippen LogP contribution in [-0.2, 0) is 4.79 Å². The minimum absolute atomic E-state index is 0.153. The van der Waals surface area contributed by atoms with Gasteiger partial charge in [0.05, 0.1) is 5.69 Å². The molecule has 0 unspecified atom stereocenters. The first-order valence-corrected chi connectivity index (χ1v) is 6.12. The van der Waals surface area contributed by atoms with Crippen molar-refractivity contribution < 1.29 is 4.79 Å². The topological polar surface area (TPSA) is 42.0 Å². The summed E-state index contributed by atoms with van der Waals surface area (Å²) in [5.41, 5.74) is 3.77. The number of aromatic nitrogens is 1. The molecule has 1 N–H and O–H groups in total. The van der Waals surface area contributed by atoms with Crippen molar-refractivity contribution in [2.24, 2.45) is 0 Å². The normalized spacial score (nSPS) is 10.6. The Kier molecular flexibility index (Phi) is 4.08. The fraction of sp³-hybridized carbons (Fsp3) is 0.125. The van der Waals surface area contributed by atoms with E-state index in [4.69, 9.17) is 0 Å². The third kappa shape index (κ3) is 3.78. The summed E-state index contributed by atoms with van der Waals surface area (Å²) in [5.74, 6) is -0.153. The lowest BCUT2D eigenvalue weighted by molar-refractivity contribution is -0.111. The summed E-state index contributed by atoms with van der Waals surface area (Å²) in [7, 11) is 0. The molecule has 0 radical (unpaired) electrons. The van der Waals surface area contributed by atoms with Gasteiger partial charge in [0.25, 0.3) is 0 Å². The molecule has 0 saturated heterocycles. The van der Waals surface area contributed by atoms with Crippen molar-refractivity contribution in [1.82, 2.24) is 4.98 Å². The Labute approximate surface area is 113 Å². The first-order chi connectivity index (χ1) is 9.15. The van der Waals surface area contributed by atoms with Gasteiger partial charge >= 0.3 is 0 Å². The van der Waals surface area contributed by atoms with Crippen LogP contribution in [0, 0.1) is 13.8 Å². The van der Waals surface area contributed by atoms with Crippen molar-refractivity contribution in [2.75, 3.05) is 5.32 Å². The number of anilines is 1. The monoisotopic (exact) mass is 252 g/mol. The quantitative estimate of drug-likeness (QED) is 0.851. The molecule has 1 aromatic heterocycles. The highest BCUT2D eigenvalue weighted by molar-refractivity contribution is 6.02. The van der Waals surface area contributed by atoms with E-state index in [-0.39, 0.29) is 5.91 Å². The number of nitrogens with one attached hydrogen (secondary N) is 1. The van der Waals surface area contributed by atoms with Crippen LogP contribution in [-0.4, -0.2) is 10.9 Å². The number of rotatable bonds is 3. The number of nitrogens with zero attached hydrogens (tertiary/aromatic N) is 1. The molecule has 3 nitrogen and oxygen atoms in total. The Morgan fingerprint density at radius 3 is 2.79 bits per heavy atom. The van der Waals surface area contributed by atoms with Crippen LogP contribution in [0.25, 0.3) is 6.08 Å². The minimum atomic E-state index is -0.153. The standard InChI is InChI=1S/C16H16N2O/c1-12-6-7-13(2)15(11-12)18-16(19)9-8-14-5-3-4-10-17-14/h3-11H,1-2H3,(H,18,19)/b9-8+. The van der Waals surface area contributed by atoms with Crippen molar-refractivity contribution >= 4 is 17.7 Å². The second-order valence-corrected chi connectivity index (χ2v) is 4.40. The lowest BCUT2D eigenvalue weighted by Crippen LogP contribution is -2.09. The Bertz CT molecular complexity index is 603. The van der Waals surface area contributed by atoms with Crippen LogP contribution >= 0.6 is 0 Å². The number of carbonyl (C=O) groups is 1. The number of pyridine rings is 1. The van der Waals surface area contributed by atoms with E-state index in [0.717, 1.165) is 22.5 Å². The summed E-state index contributed by atoms with van der Waals surface area (Å²) in [6, 6.07) is 11.6. The van der Waals surface area contributed by atoms with E-state index in [2.05, 4.69) is 10.3 Å². The van der Waals surface area contributed by atoms with Crippen molar-refractivity contribution in [1.29, 1.82) is 0 Å². The number of amides is 1. The molecule has 3 heteroatoms. The van der Waals surface area contributed by atoms with Crippen molar-refractivity contribution in [3.8, 4) is 0 Å². The molecule has 19 heavy (non-hydrogen) atoms. The fourth-order valence-electron chi connectivity index (χ4n) is 1.68. The maximum absolute atomic E-state index is 11.8. The second-order valence-electron chi connectivity index (χ2n) is 4.40. The molecule has 2 rings (SSSR count). The molecule has 0 spiro atoms. The highest BCUT2D eigenvalue weighted by Gasteiger charge is 2.01. The van der Waals surface area contributed by atoms with Gasteiger partial charge in [0.2, 0.25) is 5.91 Å². The number of hydrogen-bond donors (Lipinski definition) is 1. The molecule has 1 amide bonds. The SMILES string of the molecule is Cc1ccc(C)c(NC(=O)/C=C/c2ccccn2)c1. The van der Waals surface area contributed by atoms with Crippen LogP contribution < -0.4 is 5.32 Å². The van der Waals surface area contributed by atoms with Gasteiger partial charge < -0.3 is 5.32 Å². The molecule has 0 aliphatic carbocycles. The van der Waals surface area contributed by atoms with E-state index >= 15 is 0 Å². The van der Waals surface area contributed by atoms with Gasteiger partial charge in [-0.25, -0.2) is 0 Å². The number of carbonyl (C=O) groups excluding carboxylic acids is 1. The van der Waals surface area contributed by atoms with Crippen LogP contribution in [0.3, 0.4) is 0 Å². The summed E-state index contributed by atoms with van der Waals surface area (Å²) in [4.78, 5) is 15.9. The second kappa shape index (κ2) is 5.96. The molecule has 0 aliphatic heterocycles. The molecule has 0 fully saturated rings. The van der Waals surface area contributed by atoms with E-state index in [1.165, 1.54) is 6.08 Å². The predicted octanol–water partition coefficient (Wildman–Crippen LogP) is 3.35. The van der Waals surface area contributed by atoms with E-state index in [9.17, 15) is 4.79 Å². The molecular weight excluding hydrogens is 236 g/mol. The predicted molar refractivity (Wildman–Crippen MR) is 77.8 cm³/mol. The van der Waals surface area contributed by atoms with Gasteiger partial charge in [-0.3, -0.25) is 9.78 Å². The first-order valence-electron chi connectivity index (χ1n) is 6.12. The zero-order valence-corrected chi connectivity index (χ0v) is 11.1. The van der Waals surface area contributed by atoms with Gasteiger partial charge in [-0.15, -0.1) is 0 Å². The fourth-order valence-corrected chi connectivity index (χ4v) is 1.68. The van der Waals surface area contributed by atoms with Crippen molar-refractivity contribution in [2.45, 2.75) is 13.8 Å². The van der Waals surface area contributed by atoms with Gasteiger partial charge in [-0.05, 0) is 49.2 Å². The summed E-state index contributed by atoms with van der Waals surface area (Å²) in [6.07, 6.45) is 4.88. The maximum Gasteiger partial charge on any atom is 0.248 e. The zero-order chi connectivity index (χ0) is 13.7. The maximum atomic E-state index is 11.8. The van der Waals surface area contributed by atoms with E-state index in [0.29, 0.717) is 0 Å². The average molecular weight is 252 g/mol. The van der Waals surface area contributed by atoms with Crippen LogP contribution in [0.15, 0.2) is 48.7 Å². The van der Waals surface area contributed by atoms with Crippen LogP contribution in [0.1, 0.15) is 16.8 Å². The molecule has 0 atom stereocenters. The highest BCUT2D eigenvalue weighted by atomic mass is 16.1. The third-order valence-electron chi connectivity index (χ3n) is 2.74. The van der Waals surface area contributed by atoms with Crippen LogP contribution in [0.4, 0.5) is 5.69 Å². The Morgan fingerprint density at radius 1 is 1.21 bits per heavy atom. The number of hydrogen-bond acceptors (Lipinski definition) is 2. The summed E-state index contributed by atoms with van der Waals surface area (Å²) >= 11 is 0. The lowest BCUT2D eigenvalue weighted by Gasteiger charge is -2.07. The molecule has 1 heterocycles. The van der Waals surface area contributed by atoms with Gasteiger partial charge in [0.15, 0.2) is 0 Å². The molecule has 0 saturated carbocycles. The summed E-state index contributed by atoms with van der Waals surface area (Å²) in [5, 5.41) is 2.87. The third-order valence-corrected chi connectivity index (χ3v) is 2.74. The van der Waals surface area contributed by atoms with Crippen molar-refractivity contribution in [3.05, 3.63) is 65.5 Å². The van der Waals surface area contributed by atoms with Crippen LogP contribution in [0.5, 0.6) is 0 Å². The number of benzene rings is 1. The molecular formula is C16H16N2O. The molecule has 0 bridgehead atoms. The number of aryl methyl sites for hydroxylation is 2. The van der Waals surface area contributed by atoms with Gasteiger partial charge in [0, 0.05) is 18.0 Å². The minimum Gasteiger partial charge on any atom is -0.322 e. The van der Waals surface area contributed by atoms with Gasteiger partial charge in [-0.2, -0.15) is 0 Å². The van der Waals surface area contributed by atoms with E-state index in [1.54, 1.807) is 12.3 Å². The van der Waals surface area contributed by atoms with Crippen LogP contribution in [0.2, 0.25) is 0 Å². The largest absolute Gasteiger partial charge is 0.322 e. The molecule has 0 aliphatic rings. The van der Waals surface area contributed by atoms with E-state index in [1.807, 2.05) is 50.2 Å². The Hall–Kier alpha value is -2.42. The average Bonchev–Trinajstić information content (AvgIpc) is 2.42. The highest BCUT2D eigenvalue weighted by Crippen LogP contribution is 2.16. The lowest BCUT2D eigenvalue weighted by atomic mass is 10.1. The Morgan fingerprint density at radius 2 is 2.05 bits per heavy atom. The molecule has 96 valence electrons. The molecule has 1 aromatic carbocycles. The smallest absolute Gasteiger partial charge is 0.248 e. The zero-order valence-electron chi connectivity index (χ0n) is 11.1. The van der Waals surface area contributed by atoms with Gasteiger partial charge in [-0.1, -0.05) is 18.2 Å². The van der Waals surface area contributed by atoms with Gasteiger partial charge in [0.1, 0.15) is 0 Å².